The summed E-state index contributed by atoms with van der Waals surface area (Å²) in [5, 5.41) is 3.27. The summed E-state index contributed by atoms with van der Waals surface area (Å²) in [6.07, 6.45) is 7.66. The van der Waals surface area contributed by atoms with Gasteiger partial charge in [0.25, 0.3) is 11.7 Å². The maximum Gasteiger partial charge on any atom is 0.298 e. The maximum absolute atomic E-state index is 12.5. The number of ketones is 1. The Balaban J connectivity index is 1.81. The third-order valence-corrected chi connectivity index (χ3v) is 4.05. The lowest BCUT2D eigenvalue weighted by molar-refractivity contribution is -0.116. The summed E-state index contributed by atoms with van der Waals surface area (Å²) in [7, 11) is 1.55. The first-order valence-electron chi connectivity index (χ1n) is 8.06. The van der Waals surface area contributed by atoms with Crippen LogP contribution in [0.5, 0.6) is 0 Å². The van der Waals surface area contributed by atoms with Crippen molar-refractivity contribution in [1.29, 1.82) is 0 Å². The van der Waals surface area contributed by atoms with Crippen LogP contribution in [0.2, 0.25) is 0 Å². The first-order valence-corrected chi connectivity index (χ1v) is 8.06. The van der Waals surface area contributed by atoms with E-state index in [2.05, 4.69) is 15.3 Å². The summed E-state index contributed by atoms with van der Waals surface area (Å²) in [5.74, 6) is -0.363. The number of ether oxygens (including phenoxy) is 1. The summed E-state index contributed by atoms with van der Waals surface area (Å²) < 4.78 is 5.27. The number of nitrogens with zero attached hydrogens (tertiary/aromatic N) is 1. The molecule has 2 heterocycles. The van der Waals surface area contributed by atoms with E-state index in [1.807, 2.05) is 31.2 Å². The third-order valence-electron chi connectivity index (χ3n) is 4.05. The first kappa shape index (κ1) is 16.7. The molecule has 6 heteroatoms. The molecule has 25 heavy (non-hydrogen) atoms. The van der Waals surface area contributed by atoms with Crippen molar-refractivity contribution in [2.75, 3.05) is 7.11 Å². The van der Waals surface area contributed by atoms with E-state index in [-0.39, 0.29) is 11.7 Å². The minimum Gasteiger partial charge on any atom is -0.497 e. The van der Waals surface area contributed by atoms with Crippen LogP contribution in [-0.4, -0.2) is 30.0 Å². The molecule has 1 unspecified atom stereocenters. The number of carbonyl (C=O) groups excluding carboxylic acids is 2. The van der Waals surface area contributed by atoms with Gasteiger partial charge in [-0.2, -0.15) is 0 Å². The smallest absolute Gasteiger partial charge is 0.298 e. The Morgan fingerprint density at radius 2 is 2.12 bits per heavy atom. The first-order chi connectivity index (χ1) is 12.1. The van der Waals surface area contributed by atoms with Gasteiger partial charge >= 0.3 is 0 Å². The molecule has 1 atom stereocenters. The highest BCUT2D eigenvalue weighted by molar-refractivity contribution is 6.45. The molecule has 0 aliphatic carbocycles. The lowest BCUT2D eigenvalue weighted by Crippen LogP contribution is -2.30. The average molecular weight is 337 g/mol. The van der Waals surface area contributed by atoms with Gasteiger partial charge in [-0.05, 0) is 18.6 Å². The monoisotopic (exact) mass is 337 g/mol. The van der Waals surface area contributed by atoms with Crippen molar-refractivity contribution in [3.8, 4) is 0 Å². The molecule has 0 radical (unpaired) electrons. The summed E-state index contributed by atoms with van der Waals surface area (Å²) in [6.45, 7) is 2.03. The number of Topliss-reactive ketones (excluding diaryl/α,β-unsaturated/α-hetero) is 1. The number of allylic oxidation sites excluding steroid dienone is 2. The minimum absolute atomic E-state index is 0.116. The van der Waals surface area contributed by atoms with E-state index < -0.39 is 11.7 Å². The Morgan fingerprint density at radius 1 is 1.32 bits per heavy atom. The molecule has 1 aromatic heterocycles. The molecule has 1 aliphatic heterocycles. The number of hydrogen-bond donors (Lipinski definition) is 2. The number of rotatable bonds is 5. The highest BCUT2D eigenvalue weighted by Crippen LogP contribution is 2.19. The predicted molar refractivity (Wildman–Crippen MR) is 96.2 cm³/mol. The number of carbonyl (C=O) groups is 2. The summed E-state index contributed by atoms with van der Waals surface area (Å²) >= 11 is 0. The number of amides is 1. The summed E-state index contributed by atoms with van der Waals surface area (Å²) in [6, 6.07) is 7.33. The van der Waals surface area contributed by atoms with E-state index in [9.17, 15) is 9.59 Å². The van der Waals surface area contributed by atoms with Crippen LogP contribution in [0.15, 0.2) is 59.2 Å². The van der Waals surface area contributed by atoms with E-state index in [0.29, 0.717) is 16.7 Å². The molecule has 3 rings (SSSR count). The van der Waals surface area contributed by atoms with Crippen molar-refractivity contribution in [2.45, 2.75) is 13.3 Å². The Hall–Kier alpha value is -3.15. The van der Waals surface area contributed by atoms with E-state index in [1.165, 1.54) is 0 Å². The van der Waals surface area contributed by atoms with Gasteiger partial charge in [0.1, 0.15) is 11.6 Å². The highest BCUT2D eigenvalue weighted by Gasteiger charge is 2.21. The largest absolute Gasteiger partial charge is 0.497 e. The van der Waals surface area contributed by atoms with Crippen LogP contribution in [0.4, 0.5) is 0 Å². The minimum atomic E-state index is -0.737. The number of aromatic nitrogens is 1. The van der Waals surface area contributed by atoms with Gasteiger partial charge in [0.15, 0.2) is 0 Å². The zero-order valence-electron chi connectivity index (χ0n) is 14.1. The second-order valence-corrected chi connectivity index (χ2v) is 5.68. The number of fused-ring (bicyclic) bond motifs is 1. The number of methoxy groups -OCH3 is 1. The molecule has 1 aliphatic rings. The van der Waals surface area contributed by atoms with Gasteiger partial charge in [0, 0.05) is 35.3 Å². The molecule has 0 spiro atoms. The van der Waals surface area contributed by atoms with Crippen LogP contribution in [0, 0.1) is 5.92 Å². The third kappa shape index (κ3) is 3.52. The number of benzene rings is 1. The Labute approximate surface area is 145 Å². The molecule has 1 aromatic carbocycles. The number of hydrogen-bond acceptors (Lipinski definition) is 4. The second-order valence-electron chi connectivity index (χ2n) is 5.68. The van der Waals surface area contributed by atoms with Crippen LogP contribution in [0.25, 0.3) is 10.9 Å². The fraction of sp³-hybridized carbons (Fsp3) is 0.211. The van der Waals surface area contributed by atoms with Crippen molar-refractivity contribution in [3.05, 3.63) is 59.8 Å². The molecular weight excluding hydrogens is 318 g/mol. The molecular formula is C19H19N3O3. The number of aromatic amines is 1. The molecule has 2 N–H and O–H groups in total. The number of nitrogens with one attached hydrogen (secondary N) is 2. The van der Waals surface area contributed by atoms with Gasteiger partial charge in [-0.15, -0.1) is 0 Å². The van der Waals surface area contributed by atoms with E-state index in [1.54, 1.807) is 31.7 Å². The van der Waals surface area contributed by atoms with Crippen LogP contribution < -0.4 is 5.32 Å². The Kier molecular flexibility index (Phi) is 4.79. The molecule has 0 bridgehead atoms. The predicted octanol–water partition coefficient (Wildman–Crippen LogP) is 2.95. The quantitative estimate of drug-likeness (QED) is 0.650. The topological polar surface area (TPSA) is 83.5 Å². The molecule has 0 fully saturated rings. The van der Waals surface area contributed by atoms with Gasteiger partial charge in [-0.25, -0.2) is 4.99 Å². The summed E-state index contributed by atoms with van der Waals surface area (Å²) in [4.78, 5) is 32.1. The molecule has 2 aromatic rings. The van der Waals surface area contributed by atoms with Crippen LogP contribution in [0.1, 0.15) is 23.7 Å². The zero-order chi connectivity index (χ0) is 17.8. The van der Waals surface area contributed by atoms with Gasteiger partial charge in [0.05, 0.1) is 12.7 Å². The zero-order valence-corrected chi connectivity index (χ0v) is 14.1. The van der Waals surface area contributed by atoms with Gasteiger partial charge in [-0.3, -0.25) is 9.59 Å². The molecule has 128 valence electrons. The van der Waals surface area contributed by atoms with Gasteiger partial charge < -0.3 is 15.0 Å². The fourth-order valence-electron chi connectivity index (χ4n) is 2.62. The Morgan fingerprint density at radius 3 is 2.88 bits per heavy atom. The molecule has 0 saturated carbocycles. The second kappa shape index (κ2) is 7.17. The number of aliphatic imine (C=N–C) groups is 1. The highest BCUT2D eigenvalue weighted by atomic mass is 16.5. The van der Waals surface area contributed by atoms with E-state index in [4.69, 9.17) is 4.74 Å². The standard InChI is InChI=1S/C19H19N3O3/c1-3-12-8-13(25-2)9-17(21-10-12)22-19(24)18(23)15-11-20-16-7-5-4-6-14(15)16/h4-12,20H,3H2,1-2H3,(H,22,24). The lowest BCUT2D eigenvalue weighted by atomic mass is 10.1. The Bertz CT molecular complexity index is 906. The molecule has 0 saturated heterocycles. The SMILES string of the molecule is CCC1C=NC(NC(=O)C(=O)c2c[nH]c3ccccc23)=CC(OC)=C1. The van der Waals surface area contributed by atoms with Gasteiger partial charge in [0.2, 0.25) is 0 Å². The van der Waals surface area contributed by atoms with Crippen LogP contribution in [0.3, 0.4) is 0 Å². The fourth-order valence-corrected chi connectivity index (χ4v) is 2.62. The van der Waals surface area contributed by atoms with Crippen molar-refractivity contribution >= 4 is 28.8 Å². The number of H-pyrrole nitrogens is 1. The van der Waals surface area contributed by atoms with Crippen molar-refractivity contribution in [1.82, 2.24) is 10.3 Å². The maximum atomic E-state index is 12.5. The molecule has 1 amide bonds. The lowest BCUT2D eigenvalue weighted by Gasteiger charge is -2.05. The van der Waals surface area contributed by atoms with Crippen molar-refractivity contribution < 1.29 is 14.3 Å². The number of para-hydroxylation sites is 1. The van der Waals surface area contributed by atoms with E-state index in [0.717, 1.165) is 11.9 Å². The van der Waals surface area contributed by atoms with E-state index >= 15 is 0 Å². The normalized spacial score (nSPS) is 16.8. The van der Waals surface area contributed by atoms with Crippen LogP contribution in [-0.2, 0) is 9.53 Å². The van der Waals surface area contributed by atoms with Crippen molar-refractivity contribution in [2.24, 2.45) is 10.9 Å². The van der Waals surface area contributed by atoms with Crippen molar-refractivity contribution in [3.63, 3.8) is 0 Å². The average Bonchev–Trinajstić information content (AvgIpc) is 2.96. The van der Waals surface area contributed by atoms with Crippen LogP contribution >= 0.6 is 0 Å². The van der Waals surface area contributed by atoms with Gasteiger partial charge in [-0.1, -0.05) is 25.1 Å². The molecule has 6 nitrogen and oxygen atoms in total. The summed E-state index contributed by atoms with van der Waals surface area (Å²) in [5.41, 5.74) is 1.14.